The van der Waals surface area contributed by atoms with E-state index in [4.69, 9.17) is 4.74 Å². The maximum absolute atomic E-state index is 12.9. The van der Waals surface area contributed by atoms with Crippen LogP contribution in [0.25, 0.3) is 11.1 Å². The number of carbonyl (C=O) groups is 3. The van der Waals surface area contributed by atoms with Gasteiger partial charge < -0.3 is 14.7 Å². The average molecular weight is 456 g/mol. The van der Waals surface area contributed by atoms with Crippen LogP contribution in [0.1, 0.15) is 40.2 Å². The summed E-state index contributed by atoms with van der Waals surface area (Å²) in [7, 11) is 0. The third-order valence-corrected chi connectivity index (χ3v) is 6.50. The van der Waals surface area contributed by atoms with Gasteiger partial charge in [0.15, 0.2) is 0 Å². The van der Waals surface area contributed by atoms with E-state index in [-0.39, 0.29) is 18.4 Å². The van der Waals surface area contributed by atoms with Gasteiger partial charge >= 0.3 is 12.1 Å². The predicted molar refractivity (Wildman–Crippen MR) is 127 cm³/mol. The smallest absolute Gasteiger partial charge is 0.411 e. The van der Waals surface area contributed by atoms with Crippen molar-refractivity contribution < 1.29 is 24.2 Å². The van der Waals surface area contributed by atoms with E-state index in [1.807, 2.05) is 24.3 Å². The first-order valence-electron chi connectivity index (χ1n) is 11.3. The molecule has 0 spiro atoms. The summed E-state index contributed by atoms with van der Waals surface area (Å²) in [6, 6.07) is 21.9. The molecule has 1 aliphatic heterocycles. The maximum Gasteiger partial charge on any atom is 0.411 e. The molecule has 2 amide bonds. The van der Waals surface area contributed by atoms with E-state index in [0.717, 1.165) is 22.3 Å². The van der Waals surface area contributed by atoms with Crippen molar-refractivity contribution in [3.8, 4) is 11.1 Å². The van der Waals surface area contributed by atoms with Crippen LogP contribution in [0, 0.1) is 0 Å². The van der Waals surface area contributed by atoms with E-state index < -0.39 is 18.1 Å². The number of carboxylic acid groups (broad SMARTS) is 1. The molecular formula is C27H24N2O5. The Bertz CT molecular complexity index is 1230. The van der Waals surface area contributed by atoms with Gasteiger partial charge in [0.05, 0.1) is 0 Å². The van der Waals surface area contributed by atoms with E-state index in [1.165, 1.54) is 4.90 Å². The lowest BCUT2D eigenvalue weighted by molar-refractivity contribution is -0.141. The molecule has 1 fully saturated rings. The quantitative estimate of drug-likeness (QED) is 0.578. The molecule has 34 heavy (non-hydrogen) atoms. The molecule has 1 unspecified atom stereocenters. The lowest BCUT2D eigenvalue weighted by atomic mass is 9.98. The zero-order valence-corrected chi connectivity index (χ0v) is 18.4. The zero-order valence-electron chi connectivity index (χ0n) is 18.4. The van der Waals surface area contributed by atoms with Crippen LogP contribution in [0.5, 0.6) is 0 Å². The van der Waals surface area contributed by atoms with Crippen LogP contribution in [-0.4, -0.2) is 47.2 Å². The van der Waals surface area contributed by atoms with E-state index in [0.29, 0.717) is 30.6 Å². The average Bonchev–Trinajstić information content (AvgIpc) is 3.46. The molecule has 2 N–H and O–H groups in total. The lowest BCUT2D eigenvalue weighted by Gasteiger charge is -2.21. The van der Waals surface area contributed by atoms with Crippen molar-refractivity contribution in [3.63, 3.8) is 0 Å². The monoisotopic (exact) mass is 456 g/mol. The van der Waals surface area contributed by atoms with E-state index >= 15 is 0 Å². The zero-order chi connectivity index (χ0) is 23.7. The highest BCUT2D eigenvalue weighted by Crippen LogP contribution is 2.44. The highest BCUT2D eigenvalue weighted by molar-refractivity contribution is 5.98. The number of benzene rings is 3. The minimum atomic E-state index is -1.00. The van der Waals surface area contributed by atoms with Crippen molar-refractivity contribution in [2.45, 2.75) is 24.8 Å². The molecule has 3 aromatic carbocycles. The van der Waals surface area contributed by atoms with E-state index in [1.54, 1.807) is 24.3 Å². The molecule has 5 rings (SSSR count). The van der Waals surface area contributed by atoms with E-state index in [9.17, 15) is 19.5 Å². The van der Waals surface area contributed by atoms with Crippen LogP contribution in [0.15, 0.2) is 72.8 Å². The summed E-state index contributed by atoms with van der Waals surface area (Å²) in [5, 5.41) is 12.0. The summed E-state index contributed by atoms with van der Waals surface area (Å²) in [5.74, 6) is -1.41. The molecule has 7 nitrogen and oxygen atoms in total. The summed E-state index contributed by atoms with van der Waals surface area (Å²) in [5.41, 5.74) is 5.30. The largest absolute Gasteiger partial charge is 0.480 e. The van der Waals surface area contributed by atoms with Gasteiger partial charge in [-0.2, -0.15) is 0 Å². The fourth-order valence-corrected chi connectivity index (χ4v) is 4.91. The Balaban J connectivity index is 1.26. The summed E-state index contributed by atoms with van der Waals surface area (Å²) in [6.45, 7) is 0.590. The summed E-state index contributed by atoms with van der Waals surface area (Å²) >= 11 is 0. The van der Waals surface area contributed by atoms with Gasteiger partial charge in [0.2, 0.25) is 0 Å². The number of likely N-dealkylation sites (tertiary alicyclic amines) is 1. The van der Waals surface area contributed by atoms with Crippen molar-refractivity contribution in [1.82, 2.24) is 4.90 Å². The normalized spacial score (nSPS) is 16.6. The molecule has 0 aromatic heterocycles. The Morgan fingerprint density at radius 3 is 2.29 bits per heavy atom. The molecule has 0 saturated carbocycles. The van der Waals surface area contributed by atoms with Gasteiger partial charge in [0.1, 0.15) is 12.6 Å². The molecule has 7 heteroatoms. The van der Waals surface area contributed by atoms with Crippen molar-refractivity contribution in [2.24, 2.45) is 0 Å². The maximum atomic E-state index is 12.9. The number of amides is 2. The van der Waals surface area contributed by atoms with Crippen molar-refractivity contribution >= 4 is 23.7 Å². The van der Waals surface area contributed by atoms with Gasteiger partial charge in [0, 0.05) is 23.7 Å². The van der Waals surface area contributed by atoms with Crippen LogP contribution in [0.4, 0.5) is 10.5 Å². The fourth-order valence-electron chi connectivity index (χ4n) is 4.91. The Kier molecular flexibility index (Phi) is 5.76. The van der Waals surface area contributed by atoms with Gasteiger partial charge in [-0.1, -0.05) is 54.6 Å². The number of carbonyl (C=O) groups excluding carboxylic acids is 2. The first-order chi connectivity index (χ1) is 16.5. The number of aliphatic carboxylic acids is 1. The van der Waals surface area contributed by atoms with Crippen molar-refractivity contribution in [2.75, 3.05) is 18.5 Å². The predicted octanol–water partition coefficient (Wildman–Crippen LogP) is 4.74. The van der Waals surface area contributed by atoms with Gasteiger partial charge in [-0.3, -0.25) is 10.1 Å². The number of carboxylic acids is 1. The minimum Gasteiger partial charge on any atom is -0.480 e. The second-order valence-corrected chi connectivity index (χ2v) is 8.53. The summed E-state index contributed by atoms with van der Waals surface area (Å²) in [4.78, 5) is 38.2. The highest BCUT2D eigenvalue weighted by atomic mass is 16.5. The SMILES string of the molecule is O=C(Nc1cccc(C(=O)N2CCCC2C(=O)O)c1)OCC1c2ccccc2-c2ccccc21. The first-order valence-corrected chi connectivity index (χ1v) is 11.3. The first kappa shape index (κ1) is 21.7. The topological polar surface area (TPSA) is 95.9 Å². The lowest BCUT2D eigenvalue weighted by Crippen LogP contribution is -2.40. The number of nitrogens with zero attached hydrogens (tertiary/aromatic N) is 1. The summed E-state index contributed by atoms with van der Waals surface area (Å²) in [6.07, 6.45) is 0.482. The minimum absolute atomic E-state index is 0.0471. The van der Waals surface area contributed by atoms with Gasteiger partial charge in [-0.15, -0.1) is 0 Å². The summed E-state index contributed by atoms with van der Waals surface area (Å²) < 4.78 is 5.57. The molecule has 0 radical (unpaired) electrons. The Hall–Kier alpha value is -4.13. The van der Waals surface area contributed by atoms with Crippen LogP contribution in [0.3, 0.4) is 0 Å². The van der Waals surface area contributed by atoms with Crippen LogP contribution < -0.4 is 5.32 Å². The van der Waals surface area contributed by atoms with Crippen molar-refractivity contribution in [1.29, 1.82) is 0 Å². The number of hydrogen-bond acceptors (Lipinski definition) is 4. The van der Waals surface area contributed by atoms with Gasteiger partial charge in [0.25, 0.3) is 5.91 Å². The molecule has 2 aliphatic rings. The van der Waals surface area contributed by atoms with Crippen molar-refractivity contribution in [3.05, 3.63) is 89.5 Å². The standard InChI is InChI=1S/C27H24N2O5/c30-25(29-14-6-13-24(29)26(31)32)17-7-5-8-18(15-17)28-27(33)34-16-23-21-11-3-1-9-19(21)20-10-2-4-12-22(20)23/h1-5,7-12,15,23-24H,6,13-14,16H2,(H,28,33)(H,31,32). The molecule has 3 aromatic rings. The third kappa shape index (κ3) is 4.01. The molecular weight excluding hydrogens is 432 g/mol. The van der Waals surface area contributed by atoms with Gasteiger partial charge in [-0.05, 0) is 53.3 Å². The number of hydrogen-bond donors (Lipinski definition) is 2. The molecule has 1 saturated heterocycles. The number of nitrogens with one attached hydrogen (secondary N) is 1. The van der Waals surface area contributed by atoms with Crippen LogP contribution >= 0.6 is 0 Å². The molecule has 172 valence electrons. The Morgan fingerprint density at radius 1 is 0.941 bits per heavy atom. The third-order valence-electron chi connectivity index (χ3n) is 6.50. The highest BCUT2D eigenvalue weighted by Gasteiger charge is 2.34. The molecule has 1 aliphatic carbocycles. The second kappa shape index (κ2) is 9.02. The Morgan fingerprint density at radius 2 is 1.62 bits per heavy atom. The number of fused-ring (bicyclic) bond motifs is 3. The Labute approximate surface area is 197 Å². The second-order valence-electron chi connectivity index (χ2n) is 8.53. The number of anilines is 1. The molecule has 0 bridgehead atoms. The molecule has 1 heterocycles. The van der Waals surface area contributed by atoms with Crippen LogP contribution in [0.2, 0.25) is 0 Å². The van der Waals surface area contributed by atoms with Crippen LogP contribution in [-0.2, 0) is 9.53 Å². The molecule has 1 atom stereocenters. The number of rotatable bonds is 5. The fraction of sp³-hybridized carbons (Fsp3) is 0.222. The van der Waals surface area contributed by atoms with E-state index in [2.05, 4.69) is 29.6 Å². The number of ether oxygens (including phenoxy) is 1. The van der Waals surface area contributed by atoms with Gasteiger partial charge in [-0.25, -0.2) is 9.59 Å².